The Morgan fingerprint density at radius 2 is 1.94 bits per heavy atom. The predicted molar refractivity (Wildman–Crippen MR) is 69.9 cm³/mol. The molecule has 0 unspecified atom stereocenters. The van der Waals surface area contributed by atoms with E-state index >= 15 is 0 Å². The van der Waals surface area contributed by atoms with Crippen LogP contribution in [0.1, 0.15) is 34.1 Å². The Labute approximate surface area is 99.3 Å². The molecule has 0 aromatic carbocycles. The third-order valence-electron chi connectivity index (χ3n) is 2.11. The van der Waals surface area contributed by atoms with Gasteiger partial charge in [0.15, 0.2) is 0 Å². The molecule has 0 bridgehead atoms. The third-order valence-corrected chi connectivity index (χ3v) is 2.11. The van der Waals surface area contributed by atoms with Crippen LogP contribution in [0, 0.1) is 5.41 Å². The van der Waals surface area contributed by atoms with Crippen molar-refractivity contribution >= 4 is 5.91 Å². The van der Waals surface area contributed by atoms with Gasteiger partial charge in [0.1, 0.15) is 0 Å². The Hall–Kier alpha value is -1.31. The van der Waals surface area contributed by atoms with Crippen LogP contribution in [0.2, 0.25) is 0 Å². The van der Waals surface area contributed by atoms with Gasteiger partial charge in [-0.2, -0.15) is 0 Å². The second-order valence-electron chi connectivity index (χ2n) is 5.01. The molecule has 0 N–H and O–H groups in total. The highest BCUT2D eigenvalue weighted by Gasteiger charge is 2.19. The fourth-order valence-corrected chi connectivity index (χ4v) is 1.23. The molecule has 1 amide bonds. The molecule has 0 atom stereocenters. The normalized spacial score (nSPS) is 12.9. The van der Waals surface area contributed by atoms with Gasteiger partial charge in [-0.05, 0) is 24.5 Å². The van der Waals surface area contributed by atoms with Gasteiger partial charge in [-0.25, -0.2) is 0 Å². The van der Waals surface area contributed by atoms with Crippen LogP contribution in [0.4, 0.5) is 0 Å². The molecule has 0 radical (unpaired) electrons. The minimum absolute atomic E-state index is 0.0121. The highest BCUT2D eigenvalue weighted by molar-refractivity contribution is 5.78. The maximum atomic E-state index is 11.9. The first-order valence-electron chi connectivity index (χ1n) is 5.54. The van der Waals surface area contributed by atoms with Crippen LogP contribution in [-0.2, 0) is 4.79 Å². The molecule has 0 aliphatic heterocycles. The van der Waals surface area contributed by atoms with E-state index in [4.69, 9.17) is 0 Å². The summed E-state index contributed by atoms with van der Waals surface area (Å²) in [7, 11) is 1.78. The molecule has 0 aliphatic rings. The molecule has 2 nitrogen and oxygen atoms in total. The lowest BCUT2D eigenvalue weighted by Crippen LogP contribution is -2.28. The number of carbonyl (C=O) groups excluding carboxylic acids is 1. The van der Waals surface area contributed by atoms with Crippen LogP contribution < -0.4 is 0 Å². The average Bonchev–Trinajstić information content (AvgIpc) is 2.16. The zero-order valence-electron chi connectivity index (χ0n) is 11.1. The number of allylic oxidation sites excluding steroid dienone is 4. The topological polar surface area (TPSA) is 20.3 Å². The monoisotopic (exact) mass is 221 g/mol. The molecular weight excluding hydrogens is 198 g/mol. The molecule has 90 valence electrons. The van der Waals surface area contributed by atoms with Gasteiger partial charge in [-0.3, -0.25) is 4.79 Å². The Morgan fingerprint density at radius 1 is 1.38 bits per heavy atom. The van der Waals surface area contributed by atoms with Gasteiger partial charge in [0.05, 0.1) is 0 Å². The van der Waals surface area contributed by atoms with E-state index in [0.717, 1.165) is 5.70 Å². The van der Waals surface area contributed by atoms with Crippen LogP contribution in [0.5, 0.6) is 0 Å². The lowest BCUT2D eigenvalue weighted by Gasteiger charge is -2.23. The highest BCUT2D eigenvalue weighted by Crippen LogP contribution is 2.20. The van der Waals surface area contributed by atoms with E-state index < -0.39 is 0 Å². The molecule has 0 rings (SSSR count). The Balaban J connectivity index is 4.70. The van der Waals surface area contributed by atoms with Crippen molar-refractivity contribution in [2.24, 2.45) is 5.41 Å². The van der Waals surface area contributed by atoms with Gasteiger partial charge >= 0.3 is 0 Å². The lowest BCUT2D eigenvalue weighted by molar-refractivity contribution is -0.129. The summed E-state index contributed by atoms with van der Waals surface area (Å²) in [5.74, 6) is 0.114. The number of nitrogens with zero attached hydrogens (tertiary/aromatic N) is 1. The second kappa shape index (κ2) is 6.31. The molecule has 0 heterocycles. The van der Waals surface area contributed by atoms with Crippen LogP contribution in [0.25, 0.3) is 0 Å². The van der Waals surface area contributed by atoms with E-state index in [1.807, 2.05) is 25.2 Å². The van der Waals surface area contributed by atoms with Gasteiger partial charge in [-0.1, -0.05) is 39.5 Å². The quantitative estimate of drug-likeness (QED) is 0.665. The van der Waals surface area contributed by atoms with Crippen LogP contribution >= 0.6 is 0 Å². The van der Waals surface area contributed by atoms with E-state index in [1.165, 1.54) is 0 Å². The van der Waals surface area contributed by atoms with Crippen molar-refractivity contribution in [2.45, 2.75) is 34.1 Å². The maximum Gasteiger partial charge on any atom is 0.227 e. The summed E-state index contributed by atoms with van der Waals surface area (Å²) < 4.78 is 0. The van der Waals surface area contributed by atoms with Crippen molar-refractivity contribution in [3.63, 3.8) is 0 Å². The van der Waals surface area contributed by atoms with Crippen molar-refractivity contribution in [2.75, 3.05) is 7.05 Å². The number of amides is 1. The summed E-state index contributed by atoms with van der Waals surface area (Å²) in [5.41, 5.74) is 0.838. The van der Waals surface area contributed by atoms with Crippen molar-refractivity contribution in [1.82, 2.24) is 4.90 Å². The fourth-order valence-electron chi connectivity index (χ4n) is 1.23. The zero-order chi connectivity index (χ0) is 12.8. The minimum atomic E-state index is 0.0121. The maximum absolute atomic E-state index is 11.9. The summed E-state index contributed by atoms with van der Waals surface area (Å²) in [6, 6.07) is 0. The van der Waals surface area contributed by atoms with Crippen LogP contribution in [-0.4, -0.2) is 17.9 Å². The van der Waals surface area contributed by atoms with Gasteiger partial charge in [-0.15, -0.1) is 0 Å². The van der Waals surface area contributed by atoms with E-state index in [9.17, 15) is 4.79 Å². The summed E-state index contributed by atoms with van der Waals surface area (Å²) in [6.07, 6.45) is 7.93. The largest absolute Gasteiger partial charge is 0.316 e. The SMILES string of the molecule is C=CC(=CC=CC)N(C)C(=O)CC(C)(C)C. The lowest BCUT2D eigenvalue weighted by atomic mass is 9.91. The summed E-state index contributed by atoms with van der Waals surface area (Å²) in [5, 5.41) is 0. The van der Waals surface area contributed by atoms with E-state index in [-0.39, 0.29) is 11.3 Å². The molecule has 0 saturated heterocycles. The Bertz CT molecular complexity index is 305. The minimum Gasteiger partial charge on any atom is -0.316 e. The van der Waals surface area contributed by atoms with Gasteiger partial charge in [0, 0.05) is 19.2 Å². The Morgan fingerprint density at radius 3 is 2.31 bits per heavy atom. The molecule has 0 saturated carbocycles. The summed E-state index contributed by atoms with van der Waals surface area (Å²) in [6.45, 7) is 11.8. The molecule has 0 fully saturated rings. The van der Waals surface area contributed by atoms with Gasteiger partial charge < -0.3 is 4.90 Å². The average molecular weight is 221 g/mol. The second-order valence-corrected chi connectivity index (χ2v) is 5.01. The van der Waals surface area contributed by atoms with Crippen molar-refractivity contribution < 1.29 is 4.79 Å². The molecule has 0 aromatic heterocycles. The number of rotatable bonds is 4. The van der Waals surface area contributed by atoms with Crippen LogP contribution in [0.15, 0.2) is 36.6 Å². The molecule has 0 aromatic rings. The smallest absolute Gasteiger partial charge is 0.227 e. The van der Waals surface area contributed by atoms with Crippen LogP contribution in [0.3, 0.4) is 0 Å². The molecule has 0 spiro atoms. The first-order valence-corrected chi connectivity index (χ1v) is 5.54. The fraction of sp³-hybridized carbons (Fsp3) is 0.500. The summed E-state index contributed by atoms with van der Waals surface area (Å²) >= 11 is 0. The van der Waals surface area contributed by atoms with Gasteiger partial charge in [0.2, 0.25) is 5.91 Å². The van der Waals surface area contributed by atoms with E-state index in [2.05, 4.69) is 27.4 Å². The molecular formula is C14H23NO. The Kier molecular flexibility index (Phi) is 5.79. The molecule has 16 heavy (non-hydrogen) atoms. The standard InChI is InChI=1S/C14H23NO/c1-7-9-10-12(8-2)15(6)13(16)11-14(3,4)5/h7-10H,2,11H2,1,3-6H3. The van der Waals surface area contributed by atoms with Gasteiger partial charge in [0.25, 0.3) is 0 Å². The number of carbonyl (C=O) groups is 1. The number of likely N-dealkylation sites (N-methyl/N-ethyl adjacent to an activating group) is 1. The van der Waals surface area contributed by atoms with E-state index in [0.29, 0.717) is 6.42 Å². The predicted octanol–water partition coefficient (Wildman–Crippen LogP) is 3.53. The van der Waals surface area contributed by atoms with E-state index in [1.54, 1.807) is 18.0 Å². The summed E-state index contributed by atoms with van der Waals surface area (Å²) in [4.78, 5) is 13.6. The van der Waals surface area contributed by atoms with Crippen molar-refractivity contribution in [3.05, 3.63) is 36.6 Å². The molecule has 2 heteroatoms. The first-order chi connectivity index (χ1) is 7.31. The number of hydrogen-bond donors (Lipinski definition) is 0. The first kappa shape index (κ1) is 14.7. The van der Waals surface area contributed by atoms with Crippen molar-refractivity contribution in [3.8, 4) is 0 Å². The zero-order valence-corrected chi connectivity index (χ0v) is 11.1. The number of hydrogen-bond acceptors (Lipinski definition) is 1. The molecule has 0 aliphatic carbocycles. The highest BCUT2D eigenvalue weighted by atomic mass is 16.2. The third kappa shape index (κ3) is 5.54. The van der Waals surface area contributed by atoms with Crippen molar-refractivity contribution in [1.29, 1.82) is 0 Å².